The van der Waals surface area contributed by atoms with Gasteiger partial charge >= 0.3 is 5.97 Å². The van der Waals surface area contributed by atoms with Crippen LogP contribution < -0.4 is 0 Å². The maximum atomic E-state index is 12.6. The van der Waals surface area contributed by atoms with Gasteiger partial charge in [0.05, 0.1) is 5.92 Å². The van der Waals surface area contributed by atoms with E-state index in [0.717, 1.165) is 10.8 Å². The van der Waals surface area contributed by atoms with E-state index in [1.807, 2.05) is 42.5 Å². The predicted molar refractivity (Wildman–Crippen MR) is 89.9 cm³/mol. The zero-order chi connectivity index (χ0) is 16.4. The third-order valence-electron chi connectivity index (χ3n) is 4.05. The van der Waals surface area contributed by atoms with Crippen molar-refractivity contribution in [3.63, 3.8) is 0 Å². The molecule has 3 nitrogen and oxygen atoms in total. The molecule has 23 heavy (non-hydrogen) atoms. The van der Waals surface area contributed by atoms with E-state index in [2.05, 4.69) is 0 Å². The van der Waals surface area contributed by atoms with Gasteiger partial charge in [0.15, 0.2) is 5.78 Å². The van der Waals surface area contributed by atoms with E-state index < -0.39 is 11.9 Å². The molecule has 0 aromatic heterocycles. The first kappa shape index (κ1) is 15.0. The summed E-state index contributed by atoms with van der Waals surface area (Å²) in [6.07, 6.45) is 0. The molecule has 114 valence electrons. The average molecular weight is 304 g/mol. The van der Waals surface area contributed by atoms with Gasteiger partial charge in [-0.15, -0.1) is 0 Å². The number of carbonyl (C=O) groups is 2. The predicted octanol–water partition coefficient (Wildman–Crippen LogP) is 4.26. The summed E-state index contributed by atoms with van der Waals surface area (Å²) in [5.74, 6) is -1.52. The fraction of sp³-hybridized carbons (Fsp3) is 0.100. The number of benzene rings is 3. The van der Waals surface area contributed by atoms with Gasteiger partial charge in [0.1, 0.15) is 0 Å². The maximum Gasteiger partial charge on any atom is 0.310 e. The Balaban J connectivity index is 1.91. The Bertz CT molecular complexity index is 879. The second-order valence-corrected chi connectivity index (χ2v) is 5.57. The van der Waals surface area contributed by atoms with E-state index >= 15 is 0 Å². The van der Waals surface area contributed by atoms with Crippen LogP contribution >= 0.6 is 0 Å². The van der Waals surface area contributed by atoms with Crippen LogP contribution in [0, 0.1) is 0 Å². The molecule has 0 spiro atoms. The third kappa shape index (κ3) is 2.99. The quantitative estimate of drug-likeness (QED) is 0.733. The molecule has 0 aliphatic heterocycles. The van der Waals surface area contributed by atoms with Crippen LogP contribution in [0.4, 0.5) is 0 Å². The van der Waals surface area contributed by atoms with Gasteiger partial charge in [-0.1, -0.05) is 60.7 Å². The number of aliphatic carboxylic acids is 1. The molecule has 0 fully saturated rings. The van der Waals surface area contributed by atoms with Gasteiger partial charge in [-0.2, -0.15) is 0 Å². The normalized spacial score (nSPS) is 12.0. The number of fused-ring (bicyclic) bond motifs is 1. The van der Waals surface area contributed by atoms with Gasteiger partial charge in [-0.25, -0.2) is 0 Å². The van der Waals surface area contributed by atoms with Crippen LogP contribution in [0.15, 0.2) is 66.7 Å². The molecule has 0 heterocycles. The summed E-state index contributed by atoms with van der Waals surface area (Å²) in [5, 5.41) is 11.1. The van der Waals surface area contributed by atoms with Gasteiger partial charge in [0.25, 0.3) is 0 Å². The molecule has 0 radical (unpaired) electrons. The van der Waals surface area contributed by atoms with E-state index in [0.29, 0.717) is 16.7 Å². The van der Waals surface area contributed by atoms with Crippen LogP contribution in [0.2, 0.25) is 0 Å². The molecule has 3 aromatic rings. The molecule has 3 aromatic carbocycles. The van der Waals surface area contributed by atoms with Crippen LogP contribution in [0.3, 0.4) is 0 Å². The van der Waals surface area contributed by atoms with Crippen molar-refractivity contribution in [3.8, 4) is 0 Å². The molecule has 0 saturated heterocycles. The Labute approximate surface area is 134 Å². The number of carboxylic acid groups (broad SMARTS) is 1. The molecule has 0 bridgehead atoms. The lowest BCUT2D eigenvalue weighted by atomic mass is 9.96. The van der Waals surface area contributed by atoms with Crippen molar-refractivity contribution in [1.82, 2.24) is 0 Å². The molecule has 3 heteroatoms. The first-order valence-corrected chi connectivity index (χ1v) is 7.42. The lowest BCUT2D eigenvalue weighted by Crippen LogP contribution is -2.08. The molecule has 1 atom stereocenters. The highest BCUT2D eigenvalue weighted by atomic mass is 16.4. The van der Waals surface area contributed by atoms with Gasteiger partial charge in [-0.3, -0.25) is 9.59 Å². The minimum atomic E-state index is -0.876. The van der Waals surface area contributed by atoms with Crippen molar-refractivity contribution < 1.29 is 14.7 Å². The molecule has 0 unspecified atom stereocenters. The minimum Gasteiger partial charge on any atom is -0.481 e. The summed E-state index contributed by atoms with van der Waals surface area (Å²) in [4.78, 5) is 23.6. The minimum absolute atomic E-state index is 0.0646. The molecule has 0 saturated carbocycles. The number of hydrogen-bond donors (Lipinski definition) is 1. The highest BCUT2D eigenvalue weighted by molar-refractivity contribution is 6.10. The Morgan fingerprint density at radius 1 is 0.826 bits per heavy atom. The van der Waals surface area contributed by atoms with Crippen molar-refractivity contribution in [3.05, 3.63) is 83.4 Å². The number of carboxylic acids is 1. The van der Waals surface area contributed by atoms with Gasteiger partial charge in [0, 0.05) is 11.1 Å². The molecule has 3 rings (SSSR count). The van der Waals surface area contributed by atoms with E-state index in [1.54, 1.807) is 31.2 Å². The number of hydrogen-bond acceptors (Lipinski definition) is 2. The lowest BCUT2D eigenvalue weighted by Gasteiger charge is -2.08. The number of carbonyl (C=O) groups excluding carboxylic acids is 1. The van der Waals surface area contributed by atoms with Crippen LogP contribution in [-0.2, 0) is 4.79 Å². The van der Waals surface area contributed by atoms with Crippen molar-refractivity contribution in [2.75, 3.05) is 0 Å². The standard InChI is InChI=1S/C20H16O3/c1-13(20(22)23)14-6-9-16(10-7-14)19(21)18-11-8-15-4-2-3-5-17(15)12-18/h2-13H,1H3,(H,22,23)/t13-/m0/s1. The summed E-state index contributed by atoms with van der Waals surface area (Å²) >= 11 is 0. The zero-order valence-corrected chi connectivity index (χ0v) is 12.7. The number of rotatable bonds is 4. The largest absolute Gasteiger partial charge is 0.481 e. The van der Waals surface area contributed by atoms with Gasteiger partial charge < -0.3 is 5.11 Å². The van der Waals surface area contributed by atoms with Crippen molar-refractivity contribution in [1.29, 1.82) is 0 Å². The summed E-state index contributed by atoms with van der Waals surface area (Å²) < 4.78 is 0. The fourth-order valence-corrected chi connectivity index (χ4v) is 2.56. The van der Waals surface area contributed by atoms with E-state index in [4.69, 9.17) is 5.11 Å². The van der Waals surface area contributed by atoms with Crippen molar-refractivity contribution in [2.24, 2.45) is 0 Å². The van der Waals surface area contributed by atoms with E-state index in [1.165, 1.54) is 0 Å². The Hall–Kier alpha value is -2.94. The Morgan fingerprint density at radius 3 is 2.09 bits per heavy atom. The van der Waals surface area contributed by atoms with Gasteiger partial charge in [-0.05, 0) is 29.3 Å². The monoisotopic (exact) mass is 304 g/mol. The SMILES string of the molecule is C[C@H](C(=O)O)c1ccc(C(=O)c2ccc3ccccc3c2)cc1. The summed E-state index contributed by atoms with van der Waals surface area (Å²) in [6, 6.07) is 20.3. The lowest BCUT2D eigenvalue weighted by molar-refractivity contribution is -0.138. The highest BCUT2D eigenvalue weighted by Crippen LogP contribution is 2.20. The first-order valence-electron chi connectivity index (χ1n) is 7.42. The highest BCUT2D eigenvalue weighted by Gasteiger charge is 2.15. The van der Waals surface area contributed by atoms with Crippen LogP contribution in [0.25, 0.3) is 10.8 Å². The molecule has 0 aliphatic carbocycles. The van der Waals surface area contributed by atoms with Gasteiger partial charge in [0.2, 0.25) is 0 Å². The molecule has 0 amide bonds. The van der Waals surface area contributed by atoms with Crippen LogP contribution in [0.1, 0.15) is 34.3 Å². The number of ketones is 1. The maximum absolute atomic E-state index is 12.6. The van der Waals surface area contributed by atoms with E-state index in [9.17, 15) is 9.59 Å². The second-order valence-electron chi connectivity index (χ2n) is 5.57. The Kier molecular flexibility index (Phi) is 3.94. The van der Waals surface area contributed by atoms with Crippen molar-refractivity contribution >= 4 is 22.5 Å². The van der Waals surface area contributed by atoms with Crippen molar-refractivity contribution in [2.45, 2.75) is 12.8 Å². The van der Waals surface area contributed by atoms with Crippen LogP contribution in [0.5, 0.6) is 0 Å². The molecule has 1 N–H and O–H groups in total. The molecular weight excluding hydrogens is 288 g/mol. The molecule has 0 aliphatic rings. The van der Waals surface area contributed by atoms with Crippen LogP contribution in [-0.4, -0.2) is 16.9 Å². The Morgan fingerprint density at radius 2 is 1.43 bits per heavy atom. The topological polar surface area (TPSA) is 54.4 Å². The fourth-order valence-electron chi connectivity index (χ4n) is 2.56. The third-order valence-corrected chi connectivity index (χ3v) is 4.05. The first-order chi connectivity index (χ1) is 11.1. The zero-order valence-electron chi connectivity index (χ0n) is 12.7. The summed E-state index contributed by atoms with van der Waals surface area (Å²) in [7, 11) is 0. The summed E-state index contributed by atoms with van der Waals surface area (Å²) in [6.45, 7) is 1.63. The summed E-state index contributed by atoms with van der Waals surface area (Å²) in [5.41, 5.74) is 1.87. The average Bonchev–Trinajstić information content (AvgIpc) is 2.60. The van der Waals surface area contributed by atoms with E-state index in [-0.39, 0.29) is 5.78 Å². The molecular formula is C20H16O3. The smallest absolute Gasteiger partial charge is 0.310 e. The second kappa shape index (κ2) is 6.05.